The van der Waals surface area contributed by atoms with Crippen molar-refractivity contribution in [3.05, 3.63) is 62.7 Å². The van der Waals surface area contributed by atoms with Crippen molar-refractivity contribution < 1.29 is 4.92 Å². The van der Waals surface area contributed by atoms with E-state index in [-0.39, 0.29) is 5.69 Å². The van der Waals surface area contributed by atoms with Gasteiger partial charge in [-0.1, -0.05) is 23.7 Å². The number of benzene rings is 2. The zero-order chi connectivity index (χ0) is 16.3. The monoisotopic (exact) mass is 335 g/mol. The molecule has 0 aliphatic heterocycles. The molecule has 0 amide bonds. The van der Waals surface area contributed by atoms with E-state index in [1.54, 1.807) is 25.1 Å². The second-order valence-corrected chi connectivity index (χ2v) is 5.51. The molecule has 2 N–H and O–H groups in total. The minimum Gasteiger partial charge on any atom is -0.332 e. The Morgan fingerprint density at radius 2 is 1.64 bits per heavy atom. The van der Waals surface area contributed by atoms with Gasteiger partial charge in [-0.2, -0.15) is 0 Å². The van der Waals surface area contributed by atoms with Crippen LogP contribution in [0.15, 0.2) is 36.4 Å². The van der Waals surface area contributed by atoms with E-state index >= 15 is 0 Å². The van der Waals surface area contributed by atoms with Crippen molar-refractivity contribution in [1.82, 2.24) is 0 Å². The fourth-order valence-electron chi connectivity index (χ4n) is 1.98. The van der Waals surface area contributed by atoms with Crippen molar-refractivity contribution in [2.45, 2.75) is 13.8 Å². The van der Waals surface area contributed by atoms with Gasteiger partial charge < -0.3 is 10.6 Å². The molecule has 0 aliphatic rings. The van der Waals surface area contributed by atoms with Crippen LogP contribution < -0.4 is 10.6 Å². The van der Waals surface area contributed by atoms with Gasteiger partial charge in [-0.25, -0.2) is 0 Å². The highest BCUT2D eigenvalue weighted by Crippen LogP contribution is 2.26. The molecule has 2 aromatic rings. The van der Waals surface area contributed by atoms with Crippen LogP contribution in [0, 0.1) is 24.0 Å². The molecule has 0 bridgehead atoms. The van der Waals surface area contributed by atoms with Gasteiger partial charge in [0.05, 0.1) is 16.2 Å². The van der Waals surface area contributed by atoms with Gasteiger partial charge in [-0.05, 0) is 49.8 Å². The average molecular weight is 336 g/mol. The number of nitro groups is 1. The number of anilines is 2. The molecule has 0 radical (unpaired) electrons. The van der Waals surface area contributed by atoms with Crippen LogP contribution in [0.2, 0.25) is 5.02 Å². The highest BCUT2D eigenvalue weighted by Gasteiger charge is 2.14. The van der Waals surface area contributed by atoms with Crippen molar-refractivity contribution in [3.8, 4) is 0 Å². The first-order valence-electron chi connectivity index (χ1n) is 6.47. The van der Waals surface area contributed by atoms with E-state index < -0.39 is 4.92 Å². The van der Waals surface area contributed by atoms with Gasteiger partial charge in [0.2, 0.25) is 0 Å². The molecule has 22 heavy (non-hydrogen) atoms. The summed E-state index contributed by atoms with van der Waals surface area (Å²) in [5, 5.41) is 17.9. The van der Waals surface area contributed by atoms with Gasteiger partial charge in [0.25, 0.3) is 5.69 Å². The maximum Gasteiger partial charge on any atom is 0.274 e. The summed E-state index contributed by atoms with van der Waals surface area (Å²) in [4.78, 5) is 10.5. The van der Waals surface area contributed by atoms with Gasteiger partial charge >= 0.3 is 0 Å². The van der Waals surface area contributed by atoms with Gasteiger partial charge in [0, 0.05) is 16.8 Å². The van der Waals surface area contributed by atoms with E-state index in [1.165, 1.54) is 6.07 Å². The molecule has 0 saturated carbocycles. The number of nitrogens with one attached hydrogen (secondary N) is 2. The summed E-state index contributed by atoms with van der Waals surface area (Å²) in [5.41, 5.74) is 2.83. The summed E-state index contributed by atoms with van der Waals surface area (Å²) in [6, 6.07) is 10.3. The number of thiocarbonyl (C=S) groups is 1. The molecule has 0 heterocycles. The second kappa shape index (κ2) is 6.72. The Bertz CT molecular complexity index is 750. The van der Waals surface area contributed by atoms with Gasteiger partial charge in [-0.3, -0.25) is 10.1 Å². The molecule has 0 unspecified atom stereocenters. The molecule has 0 spiro atoms. The Labute approximate surface area is 138 Å². The summed E-state index contributed by atoms with van der Waals surface area (Å²) < 4.78 is 0. The molecule has 0 aromatic heterocycles. The van der Waals surface area contributed by atoms with Crippen LogP contribution in [-0.2, 0) is 0 Å². The lowest BCUT2D eigenvalue weighted by atomic mass is 10.1. The van der Waals surface area contributed by atoms with E-state index in [9.17, 15) is 10.1 Å². The summed E-state index contributed by atoms with van der Waals surface area (Å²) >= 11 is 11.3. The number of hydrogen-bond donors (Lipinski definition) is 2. The third kappa shape index (κ3) is 3.52. The Morgan fingerprint density at radius 1 is 1.09 bits per heavy atom. The fraction of sp³-hybridized carbons (Fsp3) is 0.133. The van der Waals surface area contributed by atoms with Crippen molar-refractivity contribution in [2.24, 2.45) is 0 Å². The topological polar surface area (TPSA) is 67.2 Å². The normalized spacial score (nSPS) is 10.1. The molecular formula is C15H14ClN3O2S. The SMILES string of the molecule is Cc1c(Cl)cccc1NC(=S)Nc1cccc([N+](=O)[O-])c1C. The van der Waals surface area contributed by atoms with Crippen molar-refractivity contribution in [1.29, 1.82) is 0 Å². The summed E-state index contributed by atoms with van der Waals surface area (Å²) in [5.74, 6) is 0. The molecule has 114 valence electrons. The predicted octanol–water partition coefficient (Wildman–Crippen LogP) is 4.67. The van der Waals surface area contributed by atoms with Crippen LogP contribution in [-0.4, -0.2) is 10.0 Å². The first-order valence-corrected chi connectivity index (χ1v) is 7.26. The third-order valence-electron chi connectivity index (χ3n) is 3.27. The molecule has 5 nitrogen and oxygen atoms in total. The third-order valence-corrected chi connectivity index (χ3v) is 3.88. The first kappa shape index (κ1) is 16.2. The van der Waals surface area contributed by atoms with E-state index in [0.29, 0.717) is 21.4 Å². The number of nitro benzene ring substituents is 1. The number of rotatable bonds is 3. The maximum atomic E-state index is 10.9. The zero-order valence-electron chi connectivity index (χ0n) is 12.0. The molecule has 0 saturated heterocycles. The van der Waals surface area contributed by atoms with Gasteiger partial charge in [0.1, 0.15) is 0 Å². The van der Waals surface area contributed by atoms with E-state index in [2.05, 4.69) is 10.6 Å². The standard InChI is InChI=1S/C15H14ClN3O2S/c1-9-11(16)5-3-6-12(9)17-15(22)18-13-7-4-8-14(10(13)2)19(20)21/h3-8H,1-2H3,(H2,17,18,22). The van der Waals surface area contributed by atoms with Crippen molar-refractivity contribution in [2.75, 3.05) is 10.6 Å². The maximum absolute atomic E-state index is 10.9. The van der Waals surface area contributed by atoms with E-state index in [4.69, 9.17) is 23.8 Å². The quantitative estimate of drug-likeness (QED) is 0.484. The zero-order valence-corrected chi connectivity index (χ0v) is 13.6. The average Bonchev–Trinajstić information content (AvgIpc) is 2.46. The summed E-state index contributed by atoms with van der Waals surface area (Å²) in [7, 11) is 0. The molecule has 2 aromatic carbocycles. The lowest BCUT2D eigenvalue weighted by Crippen LogP contribution is -2.20. The number of hydrogen-bond acceptors (Lipinski definition) is 3. The highest BCUT2D eigenvalue weighted by atomic mass is 35.5. The van der Waals surface area contributed by atoms with Crippen LogP contribution in [0.25, 0.3) is 0 Å². The van der Waals surface area contributed by atoms with Crippen LogP contribution in [0.4, 0.5) is 17.1 Å². The first-order chi connectivity index (χ1) is 10.4. The Kier molecular flexibility index (Phi) is 4.95. The van der Waals surface area contributed by atoms with Gasteiger partial charge in [0.15, 0.2) is 5.11 Å². The van der Waals surface area contributed by atoms with Crippen LogP contribution in [0.5, 0.6) is 0 Å². The lowest BCUT2D eigenvalue weighted by molar-refractivity contribution is -0.385. The van der Waals surface area contributed by atoms with Crippen molar-refractivity contribution >= 4 is 46.0 Å². The van der Waals surface area contributed by atoms with Crippen LogP contribution >= 0.6 is 23.8 Å². The Hall–Kier alpha value is -2.18. The summed E-state index contributed by atoms with van der Waals surface area (Å²) in [6.07, 6.45) is 0. The minimum atomic E-state index is -0.419. The molecule has 2 rings (SSSR count). The molecular weight excluding hydrogens is 322 g/mol. The highest BCUT2D eigenvalue weighted by molar-refractivity contribution is 7.80. The molecule has 0 atom stereocenters. The van der Waals surface area contributed by atoms with Gasteiger partial charge in [-0.15, -0.1) is 0 Å². The lowest BCUT2D eigenvalue weighted by Gasteiger charge is -2.14. The van der Waals surface area contributed by atoms with E-state index in [1.807, 2.05) is 19.1 Å². The number of nitrogens with zero attached hydrogens (tertiary/aromatic N) is 1. The molecule has 0 fully saturated rings. The predicted molar refractivity (Wildman–Crippen MR) is 93.9 cm³/mol. The Morgan fingerprint density at radius 3 is 2.23 bits per heavy atom. The van der Waals surface area contributed by atoms with Crippen LogP contribution in [0.1, 0.15) is 11.1 Å². The minimum absolute atomic E-state index is 0.0479. The van der Waals surface area contributed by atoms with E-state index in [0.717, 1.165) is 11.3 Å². The molecule has 0 aliphatic carbocycles. The van der Waals surface area contributed by atoms with Crippen molar-refractivity contribution in [3.63, 3.8) is 0 Å². The van der Waals surface area contributed by atoms with Crippen LogP contribution in [0.3, 0.4) is 0 Å². The molecule has 7 heteroatoms. The number of halogens is 1. The Balaban J connectivity index is 2.18. The largest absolute Gasteiger partial charge is 0.332 e. The fourth-order valence-corrected chi connectivity index (χ4v) is 2.37. The summed E-state index contributed by atoms with van der Waals surface area (Å²) in [6.45, 7) is 3.56. The smallest absolute Gasteiger partial charge is 0.274 e. The second-order valence-electron chi connectivity index (χ2n) is 4.70.